The smallest absolute Gasteiger partial charge is 0.313 e. The van der Waals surface area contributed by atoms with Crippen LogP contribution in [0.2, 0.25) is 0 Å². The van der Waals surface area contributed by atoms with Crippen LogP contribution in [0.25, 0.3) is 0 Å². The van der Waals surface area contributed by atoms with Crippen molar-refractivity contribution in [1.29, 1.82) is 0 Å². The third-order valence-electron chi connectivity index (χ3n) is 4.09. The fourth-order valence-corrected chi connectivity index (χ4v) is 2.91. The lowest BCUT2D eigenvalue weighted by molar-refractivity contribution is -0.136. The summed E-state index contributed by atoms with van der Waals surface area (Å²) in [5, 5.41) is 5.33. The van der Waals surface area contributed by atoms with Crippen LogP contribution in [0, 0.1) is 0 Å². The number of nitrogens with zero attached hydrogens (tertiary/aromatic N) is 1. The van der Waals surface area contributed by atoms with Crippen LogP contribution < -0.4 is 15.4 Å². The molecule has 6 heteroatoms. The zero-order chi connectivity index (χ0) is 17.5. The van der Waals surface area contributed by atoms with E-state index < -0.39 is 11.8 Å². The zero-order valence-corrected chi connectivity index (χ0v) is 14.7. The highest BCUT2D eigenvalue weighted by molar-refractivity contribution is 6.39. The van der Waals surface area contributed by atoms with Crippen LogP contribution in [0.1, 0.15) is 33.6 Å². The molecule has 0 spiro atoms. The number of nitrogens with one attached hydrogen (secondary N) is 2. The van der Waals surface area contributed by atoms with E-state index in [1.807, 2.05) is 13.8 Å². The van der Waals surface area contributed by atoms with Crippen molar-refractivity contribution in [1.82, 2.24) is 10.2 Å². The standard InChI is InChI=1S/C18H27N3O3/c1-4-21-11-5-6-15(21)12-19-17(22)18(23)20-14-7-9-16(10-8-14)24-13(2)3/h7-10,13,15H,4-6,11-12H2,1-3H3,(H,19,22)(H,20,23)/t15-/m0/s1. The number of hydrogen-bond acceptors (Lipinski definition) is 4. The van der Waals surface area contributed by atoms with Gasteiger partial charge in [-0.15, -0.1) is 0 Å². The molecule has 0 unspecified atom stereocenters. The van der Waals surface area contributed by atoms with Crippen molar-refractivity contribution in [2.45, 2.75) is 45.8 Å². The maximum atomic E-state index is 12.0. The molecule has 1 saturated heterocycles. The maximum absolute atomic E-state index is 12.0. The van der Waals surface area contributed by atoms with Gasteiger partial charge in [-0.1, -0.05) is 6.92 Å². The molecular formula is C18H27N3O3. The molecule has 1 atom stereocenters. The van der Waals surface area contributed by atoms with Gasteiger partial charge in [0, 0.05) is 18.3 Å². The Morgan fingerprint density at radius 3 is 2.58 bits per heavy atom. The van der Waals surface area contributed by atoms with Crippen molar-refractivity contribution in [2.75, 3.05) is 25.0 Å². The highest BCUT2D eigenvalue weighted by Gasteiger charge is 2.24. The molecule has 1 aromatic rings. The van der Waals surface area contributed by atoms with Crippen molar-refractivity contribution in [3.05, 3.63) is 24.3 Å². The average Bonchev–Trinajstić information content (AvgIpc) is 3.01. The number of anilines is 1. The second-order valence-electron chi connectivity index (χ2n) is 6.28. The summed E-state index contributed by atoms with van der Waals surface area (Å²) in [4.78, 5) is 26.2. The number of likely N-dealkylation sites (tertiary alicyclic amines) is 1. The van der Waals surface area contributed by atoms with Crippen LogP contribution in [0.15, 0.2) is 24.3 Å². The molecule has 2 amide bonds. The Bertz CT molecular complexity index is 557. The van der Waals surface area contributed by atoms with Crippen LogP contribution in [-0.2, 0) is 9.59 Å². The number of hydrogen-bond donors (Lipinski definition) is 2. The Labute approximate surface area is 143 Å². The monoisotopic (exact) mass is 333 g/mol. The second-order valence-corrected chi connectivity index (χ2v) is 6.28. The first kappa shape index (κ1) is 18.3. The van der Waals surface area contributed by atoms with Crippen molar-refractivity contribution in [3.8, 4) is 5.75 Å². The normalized spacial score (nSPS) is 17.8. The van der Waals surface area contributed by atoms with Gasteiger partial charge in [-0.2, -0.15) is 0 Å². The van der Waals surface area contributed by atoms with Gasteiger partial charge in [-0.3, -0.25) is 14.5 Å². The van der Waals surface area contributed by atoms with Gasteiger partial charge in [0.05, 0.1) is 6.10 Å². The van der Waals surface area contributed by atoms with Gasteiger partial charge in [-0.05, 0) is 64.0 Å². The SMILES string of the molecule is CCN1CCC[C@H]1CNC(=O)C(=O)Nc1ccc(OC(C)C)cc1. The summed E-state index contributed by atoms with van der Waals surface area (Å²) in [5.74, 6) is -0.512. The van der Waals surface area contributed by atoms with Gasteiger partial charge in [0.15, 0.2) is 0 Å². The summed E-state index contributed by atoms with van der Waals surface area (Å²) in [6.07, 6.45) is 2.30. The van der Waals surface area contributed by atoms with E-state index in [9.17, 15) is 9.59 Å². The van der Waals surface area contributed by atoms with E-state index in [1.54, 1.807) is 24.3 Å². The van der Waals surface area contributed by atoms with E-state index in [1.165, 1.54) is 0 Å². The fraction of sp³-hybridized carbons (Fsp3) is 0.556. The molecule has 132 valence electrons. The average molecular weight is 333 g/mol. The van der Waals surface area contributed by atoms with Gasteiger partial charge in [0.1, 0.15) is 5.75 Å². The Morgan fingerprint density at radius 2 is 1.96 bits per heavy atom. The van der Waals surface area contributed by atoms with E-state index in [-0.39, 0.29) is 6.10 Å². The second kappa shape index (κ2) is 8.68. The van der Waals surface area contributed by atoms with E-state index in [0.29, 0.717) is 18.3 Å². The topological polar surface area (TPSA) is 70.7 Å². The Balaban J connectivity index is 1.79. The van der Waals surface area contributed by atoms with E-state index in [2.05, 4.69) is 22.5 Å². The minimum absolute atomic E-state index is 0.0921. The molecule has 1 aliphatic rings. The summed E-state index contributed by atoms with van der Waals surface area (Å²) < 4.78 is 5.54. The minimum atomic E-state index is -0.645. The van der Waals surface area contributed by atoms with Gasteiger partial charge in [-0.25, -0.2) is 0 Å². The van der Waals surface area contributed by atoms with Crippen LogP contribution in [0.5, 0.6) is 5.75 Å². The van der Waals surface area contributed by atoms with Crippen molar-refractivity contribution in [2.24, 2.45) is 0 Å². The Hall–Kier alpha value is -2.08. The number of benzene rings is 1. The fourth-order valence-electron chi connectivity index (χ4n) is 2.91. The van der Waals surface area contributed by atoms with Crippen molar-refractivity contribution >= 4 is 17.5 Å². The number of carbonyl (C=O) groups is 2. The minimum Gasteiger partial charge on any atom is -0.491 e. The molecule has 6 nitrogen and oxygen atoms in total. The van der Waals surface area contributed by atoms with E-state index >= 15 is 0 Å². The summed E-state index contributed by atoms with van der Waals surface area (Å²) in [7, 11) is 0. The lowest BCUT2D eigenvalue weighted by Crippen LogP contribution is -2.43. The molecule has 2 rings (SSSR count). The van der Waals surface area contributed by atoms with Crippen LogP contribution in [0.3, 0.4) is 0 Å². The first-order chi connectivity index (χ1) is 11.5. The third-order valence-corrected chi connectivity index (χ3v) is 4.09. The summed E-state index contributed by atoms with van der Waals surface area (Å²) in [5.41, 5.74) is 0.572. The van der Waals surface area contributed by atoms with Crippen LogP contribution >= 0.6 is 0 Å². The molecule has 0 radical (unpaired) electrons. The summed E-state index contributed by atoms with van der Waals surface area (Å²) >= 11 is 0. The maximum Gasteiger partial charge on any atom is 0.313 e. The number of rotatable bonds is 6. The van der Waals surface area contributed by atoms with Gasteiger partial charge in [0.25, 0.3) is 0 Å². The number of amides is 2. The summed E-state index contributed by atoms with van der Waals surface area (Å²) in [6, 6.07) is 7.31. The Kier molecular flexibility index (Phi) is 6.61. The molecule has 1 fully saturated rings. The number of ether oxygens (including phenoxy) is 1. The molecule has 1 aliphatic heterocycles. The largest absolute Gasteiger partial charge is 0.491 e. The third kappa shape index (κ3) is 5.23. The first-order valence-electron chi connectivity index (χ1n) is 8.59. The number of carbonyl (C=O) groups excluding carboxylic acids is 2. The van der Waals surface area contributed by atoms with E-state index in [4.69, 9.17) is 4.74 Å². The molecule has 0 aliphatic carbocycles. The van der Waals surface area contributed by atoms with Gasteiger partial charge >= 0.3 is 11.8 Å². The van der Waals surface area contributed by atoms with Crippen molar-refractivity contribution in [3.63, 3.8) is 0 Å². The lowest BCUT2D eigenvalue weighted by atomic mass is 10.2. The highest BCUT2D eigenvalue weighted by Crippen LogP contribution is 2.17. The molecule has 0 bridgehead atoms. The van der Waals surface area contributed by atoms with E-state index in [0.717, 1.165) is 31.7 Å². The Morgan fingerprint density at radius 1 is 1.25 bits per heavy atom. The highest BCUT2D eigenvalue weighted by atomic mass is 16.5. The quantitative estimate of drug-likeness (QED) is 0.781. The van der Waals surface area contributed by atoms with Crippen LogP contribution in [0.4, 0.5) is 5.69 Å². The summed E-state index contributed by atoms with van der Waals surface area (Å²) in [6.45, 7) is 8.56. The zero-order valence-electron chi connectivity index (χ0n) is 14.7. The first-order valence-corrected chi connectivity index (χ1v) is 8.59. The van der Waals surface area contributed by atoms with Crippen molar-refractivity contribution < 1.29 is 14.3 Å². The number of likely N-dealkylation sites (N-methyl/N-ethyl adjacent to an activating group) is 1. The lowest BCUT2D eigenvalue weighted by Gasteiger charge is -2.22. The van der Waals surface area contributed by atoms with Crippen LogP contribution in [-0.4, -0.2) is 48.5 Å². The van der Waals surface area contributed by atoms with Gasteiger partial charge < -0.3 is 15.4 Å². The molecular weight excluding hydrogens is 306 g/mol. The molecule has 1 aromatic carbocycles. The molecule has 24 heavy (non-hydrogen) atoms. The molecule has 1 heterocycles. The molecule has 0 saturated carbocycles. The molecule has 0 aromatic heterocycles. The molecule has 2 N–H and O–H groups in total. The predicted octanol–water partition coefficient (Wildman–Crippen LogP) is 2.01. The van der Waals surface area contributed by atoms with Gasteiger partial charge in [0.2, 0.25) is 0 Å². The predicted molar refractivity (Wildman–Crippen MR) is 94.1 cm³/mol.